The molecule has 0 unspecified atom stereocenters. The number of imidazole rings is 1. The standard InChI is InChI=1S/C9H5BrN2O3/c10-5-1-7(9(14)15)8-11-6(4-13)3-12(8)2-5/h1-4H,(H,14,15). The van der Waals surface area contributed by atoms with E-state index in [1.54, 1.807) is 6.20 Å². The smallest absolute Gasteiger partial charge is 0.339 e. The summed E-state index contributed by atoms with van der Waals surface area (Å²) in [5.74, 6) is -1.08. The molecule has 2 heterocycles. The molecule has 15 heavy (non-hydrogen) atoms. The first kappa shape index (κ1) is 9.85. The van der Waals surface area contributed by atoms with Gasteiger partial charge < -0.3 is 9.51 Å². The zero-order valence-corrected chi connectivity index (χ0v) is 8.93. The molecule has 5 nitrogen and oxygen atoms in total. The number of rotatable bonds is 2. The van der Waals surface area contributed by atoms with Gasteiger partial charge >= 0.3 is 5.97 Å². The first-order valence-corrected chi connectivity index (χ1v) is 4.78. The number of aromatic nitrogens is 2. The summed E-state index contributed by atoms with van der Waals surface area (Å²) in [4.78, 5) is 25.3. The van der Waals surface area contributed by atoms with Crippen LogP contribution in [0.25, 0.3) is 5.65 Å². The molecule has 0 spiro atoms. The van der Waals surface area contributed by atoms with Crippen LogP contribution in [0.5, 0.6) is 0 Å². The Labute approximate surface area is 92.5 Å². The van der Waals surface area contributed by atoms with Crippen LogP contribution in [0, 0.1) is 0 Å². The van der Waals surface area contributed by atoms with E-state index in [0.29, 0.717) is 10.8 Å². The highest BCUT2D eigenvalue weighted by molar-refractivity contribution is 9.10. The van der Waals surface area contributed by atoms with E-state index < -0.39 is 5.97 Å². The normalized spacial score (nSPS) is 10.5. The second-order valence-electron chi connectivity index (χ2n) is 2.89. The largest absolute Gasteiger partial charge is 0.478 e. The van der Waals surface area contributed by atoms with E-state index in [1.165, 1.54) is 16.7 Å². The first-order valence-electron chi connectivity index (χ1n) is 3.98. The van der Waals surface area contributed by atoms with E-state index in [1.807, 2.05) is 0 Å². The number of carbonyl (C=O) groups is 2. The van der Waals surface area contributed by atoms with Crippen molar-refractivity contribution in [3.63, 3.8) is 0 Å². The van der Waals surface area contributed by atoms with Crippen molar-refractivity contribution in [1.29, 1.82) is 0 Å². The number of hydrogen-bond acceptors (Lipinski definition) is 3. The van der Waals surface area contributed by atoms with Gasteiger partial charge in [-0.05, 0) is 22.0 Å². The number of carboxylic acids is 1. The topological polar surface area (TPSA) is 71.7 Å². The lowest BCUT2D eigenvalue weighted by atomic mass is 10.3. The lowest BCUT2D eigenvalue weighted by Gasteiger charge is -1.99. The van der Waals surface area contributed by atoms with E-state index in [0.717, 1.165) is 0 Å². The third kappa shape index (κ3) is 1.63. The summed E-state index contributed by atoms with van der Waals surface area (Å²) in [5.41, 5.74) is 0.515. The fourth-order valence-electron chi connectivity index (χ4n) is 1.30. The van der Waals surface area contributed by atoms with Crippen molar-refractivity contribution in [2.24, 2.45) is 0 Å². The van der Waals surface area contributed by atoms with Crippen molar-refractivity contribution in [3.05, 3.63) is 34.2 Å². The number of carboxylic acid groups (broad SMARTS) is 1. The number of pyridine rings is 1. The van der Waals surface area contributed by atoms with Crippen LogP contribution in [0.4, 0.5) is 0 Å². The predicted octanol–water partition coefficient (Wildman–Crippen LogP) is 1.61. The fraction of sp³-hybridized carbons (Fsp3) is 0. The lowest BCUT2D eigenvalue weighted by molar-refractivity contribution is 0.0698. The van der Waals surface area contributed by atoms with E-state index in [2.05, 4.69) is 20.9 Å². The summed E-state index contributed by atoms with van der Waals surface area (Å²) in [6.07, 6.45) is 3.69. The fourth-order valence-corrected chi connectivity index (χ4v) is 1.75. The number of halogens is 1. The number of fused-ring (bicyclic) bond motifs is 1. The average Bonchev–Trinajstić information content (AvgIpc) is 2.58. The predicted molar refractivity (Wildman–Crippen MR) is 55.2 cm³/mol. The summed E-state index contributed by atoms with van der Waals surface area (Å²) in [5, 5.41) is 8.93. The van der Waals surface area contributed by atoms with Crippen LogP contribution in [-0.4, -0.2) is 26.7 Å². The molecule has 0 saturated carbocycles. The average molecular weight is 269 g/mol. The van der Waals surface area contributed by atoms with Gasteiger partial charge in [0.1, 0.15) is 11.3 Å². The number of carbonyl (C=O) groups excluding carboxylic acids is 1. The maximum Gasteiger partial charge on any atom is 0.339 e. The molecule has 0 fully saturated rings. The van der Waals surface area contributed by atoms with Crippen molar-refractivity contribution < 1.29 is 14.7 Å². The summed E-state index contributed by atoms with van der Waals surface area (Å²) in [6.45, 7) is 0. The zero-order valence-electron chi connectivity index (χ0n) is 7.35. The summed E-state index contributed by atoms with van der Waals surface area (Å²) < 4.78 is 2.11. The highest BCUT2D eigenvalue weighted by Gasteiger charge is 2.12. The van der Waals surface area contributed by atoms with Crippen molar-refractivity contribution in [1.82, 2.24) is 9.38 Å². The van der Waals surface area contributed by atoms with E-state index >= 15 is 0 Å². The third-order valence-corrected chi connectivity index (χ3v) is 2.32. The molecule has 0 aliphatic rings. The minimum atomic E-state index is -1.08. The summed E-state index contributed by atoms with van der Waals surface area (Å²) in [6, 6.07) is 1.44. The van der Waals surface area contributed by atoms with Gasteiger partial charge in [-0.25, -0.2) is 9.78 Å². The molecule has 76 valence electrons. The highest BCUT2D eigenvalue weighted by atomic mass is 79.9. The Morgan fingerprint density at radius 1 is 1.53 bits per heavy atom. The molecule has 0 aliphatic carbocycles. The quantitative estimate of drug-likeness (QED) is 0.840. The Bertz CT molecular complexity index is 562. The van der Waals surface area contributed by atoms with Crippen LogP contribution in [0.1, 0.15) is 20.8 Å². The first-order chi connectivity index (χ1) is 7.11. The monoisotopic (exact) mass is 268 g/mol. The Hall–Kier alpha value is -1.69. The second-order valence-corrected chi connectivity index (χ2v) is 3.81. The molecule has 0 saturated heterocycles. The lowest BCUT2D eigenvalue weighted by Crippen LogP contribution is -2.00. The van der Waals surface area contributed by atoms with Gasteiger partial charge in [-0.2, -0.15) is 0 Å². The molecule has 2 aromatic rings. The van der Waals surface area contributed by atoms with Gasteiger partial charge in [0, 0.05) is 16.9 Å². The molecule has 2 aromatic heterocycles. The minimum absolute atomic E-state index is 0.0532. The van der Waals surface area contributed by atoms with Gasteiger partial charge in [-0.15, -0.1) is 0 Å². The van der Waals surface area contributed by atoms with Gasteiger partial charge in [0.15, 0.2) is 11.9 Å². The van der Waals surface area contributed by atoms with Crippen LogP contribution in [0.15, 0.2) is 22.9 Å². The maximum absolute atomic E-state index is 10.9. The second kappa shape index (κ2) is 3.47. The molecule has 0 atom stereocenters. The van der Waals surface area contributed by atoms with Gasteiger partial charge in [0.2, 0.25) is 0 Å². The van der Waals surface area contributed by atoms with Gasteiger partial charge in [0.25, 0.3) is 0 Å². The Morgan fingerprint density at radius 2 is 2.27 bits per heavy atom. The zero-order chi connectivity index (χ0) is 11.0. The van der Waals surface area contributed by atoms with E-state index in [4.69, 9.17) is 5.11 Å². The molecular formula is C9H5BrN2O3. The molecule has 0 radical (unpaired) electrons. The highest BCUT2D eigenvalue weighted by Crippen LogP contribution is 2.17. The Morgan fingerprint density at radius 3 is 2.87 bits per heavy atom. The summed E-state index contributed by atoms with van der Waals surface area (Å²) in [7, 11) is 0. The number of nitrogens with zero attached hydrogens (tertiary/aromatic N) is 2. The molecule has 0 aliphatic heterocycles. The van der Waals surface area contributed by atoms with Gasteiger partial charge in [0.05, 0.1) is 0 Å². The van der Waals surface area contributed by atoms with E-state index in [9.17, 15) is 9.59 Å². The van der Waals surface area contributed by atoms with Crippen molar-refractivity contribution in [2.45, 2.75) is 0 Å². The van der Waals surface area contributed by atoms with Crippen LogP contribution in [0.2, 0.25) is 0 Å². The van der Waals surface area contributed by atoms with Crippen LogP contribution in [-0.2, 0) is 0 Å². The molecule has 0 bridgehead atoms. The third-order valence-electron chi connectivity index (χ3n) is 1.89. The van der Waals surface area contributed by atoms with Crippen molar-refractivity contribution in [2.75, 3.05) is 0 Å². The van der Waals surface area contributed by atoms with Gasteiger partial charge in [-0.1, -0.05) is 0 Å². The van der Waals surface area contributed by atoms with E-state index in [-0.39, 0.29) is 16.9 Å². The maximum atomic E-state index is 10.9. The van der Waals surface area contributed by atoms with Crippen molar-refractivity contribution in [3.8, 4) is 0 Å². The van der Waals surface area contributed by atoms with Crippen molar-refractivity contribution >= 4 is 33.8 Å². The number of aromatic carboxylic acids is 1. The Balaban J connectivity index is 2.83. The molecular weight excluding hydrogens is 264 g/mol. The molecule has 1 N–H and O–H groups in total. The van der Waals surface area contributed by atoms with Crippen LogP contribution >= 0.6 is 15.9 Å². The number of aldehydes is 1. The van der Waals surface area contributed by atoms with Crippen LogP contribution < -0.4 is 0 Å². The summed E-state index contributed by atoms with van der Waals surface area (Å²) >= 11 is 3.18. The molecule has 0 aromatic carbocycles. The number of hydrogen-bond donors (Lipinski definition) is 1. The van der Waals surface area contributed by atoms with Gasteiger partial charge in [-0.3, -0.25) is 4.79 Å². The minimum Gasteiger partial charge on any atom is -0.478 e. The SMILES string of the molecule is O=Cc1cn2cc(Br)cc(C(=O)O)c2n1. The van der Waals surface area contributed by atoms with Crippen LogP contribution in [0.3, 0.4) is 0 Å². The molecule has 6 heteroatoms. The molecule has 2 rings (SSSR count). The Kier molecular flexibility index (Phi) is 2.28. The molecule has 0 amide bonds.